The Morgan fingerprint density at radius 1 is 1.40 bits per heavy atom. The summed E-state index contributed by atoms with van der Waals surface area (Å²) in [4.78, 5) is 10.4. The molecular weight excluding hydrogens is 256 g/mol. The lowest BCUT2D eigenvalue weighted by atomic mass is 9.95. The molecule has 0 saturated heterocycles. The SMILES string of the molecule is CC1C=CC([N+](=O)[O-])=CC1NCC(O)c1ccccc1. The molecule has 1 aliphatic rings. The van der Waals surface area contributed by atoms with Gasteiger partial charge in [-0.15, -0.1) is 0 Å². The fourth-order valence-corrected chi connectivity index (χ4v) is 2.17. The van der Waals surface area contributed by atoms with Crippen molar-refractivity contribution in [3.05, 3.63) is 69.9 Å². The third kappa shape index (κ3) is 3.53. The highest BCUT2D eigenvalue weighted by molar-refractivity contribution is 5.22. The largest absolute Gasteiger partial charge is 0.387 e. The maximum atomic E-state index is 10.8. The van der Waals surface area contributed by atoms with Gasteiger partial charge in [0, 0.05) is 24.7 Å². The smallest absolute Gasteiger partial charge is 0.266 e. The lowest BCUT2D eigenvalue weighted by Crippen LogP contribution is -2.37. The molecule has 106 valence electrons. The molecular formula is C15H18N2O3. The van der Waals surface area contributed by atoms with Gasteiger partial charge in [0.25, 0.3) is 5.70 Å². The number of allylic oxidation sites excluding steroid dienone is 1. The summed E-state index contributed by atoms with van der Waals surface area (Å²) in [5.41, 5.74) is 0.923. The summed E-state index contributed by atoms with van der Waals surface area (Å²) in [5, 5.41) is 24.0. The molecule has 3 unspecified atom stereocenters. The van der Waals surface area contributed by atoms with Crippen LogP contribution < -0.4 is 5.32 Å². The third-order valence-corrected chi connectivity index (χ3v) is 3.43. The molecule has 20 heavy (non-hydrogen) atoms. The molecule has 0 radical (unpaired) electrons. The molecule has 1 aromatic carbocycles. The summed E-state index contributed by atoms with van der Waals surface area (Å²) < 4.78 is 0. The molecule has 0 spiro atoms. The van der Waals surface area contributed by atoms with Crippen LogP contribution in [0.15, 0.2) is 54.3 Å². The van der Waals surface area contributed by atoms with Crippen LogP contribution >= 0.6 is 0 Å². The zero-order valence-corrected chi connectivity index (χ0v) is 11.3. The minimum Gasteiger partial charge on any atom is -0.387 e. The molecule has 0 saturated carbocycles. The van der Waals surface area contributed by atoms with Crippen LogP contribution in [0, 0.1) is 16.0 Å². The number of nitrogens with one attached hydrogen (secondary N) is 1. The molecule has 5 heteroatoms. The molecule has 0 amide bonds. The van der Waals surface area contributed by atoms with Crippen LogP contribution in [0.4, 0.5) is 0 Å². The van der Waals surface area contributed by atoms with E-state index in [2.05, 4.69) is 5.32 Å². The standard InChI is InChI=1S/C15H18N2O3/c1-11-7-8-13(17(19)20)9-14(11)16-10-15(18)12-5-3-2-4-6-12/h2-9,11,14-16,18H,10H2,1H3. The van der Waals surface area contributed by atoms with E-state index in [4.69, 9.17) is 0 Å². The van der Waals surface area contributed by atoms with Crippen LogP contribution in [0.25, 0.3) is 0 Å². The molecule has 5 nitrogen and oxygen atoms in total. The normalized spacial score (nSPS) is 23.2. The maximum Gasteiger partial charge on any atom is 0.266 e. The van der Waals surface area contributed by atoms with Crippen LogP contribution in [0.1, 0.15) is 18.6 Å². The first-order valence-corrected chi connectivity index (χ1v) is 6.58. The predicted octanol–water partition coefficient (Wildman–Crippen LogP) is 2.04. The summed E-state index contributed by atoms with van der Waals surface area (Å²) >= 11 is 0. The molecule has 3 atom stereocenters. The van der Waals surface area contributed by atoms with Crippen molar-refractivity contribution >= 4 is 0 Å². The van der Waals surface area contributed by atoms with Crippen LogP contribution in [0.2, 0.25) is 0 Å². The fourth-order valence-electron chi connectivity index (χ4n) is 2.17. The molecule has 0 heterocycles. The summed E-state index contributed by atoms with van der Waals surface area (Å²) in [6, 6.07) is 9.21. The molecule has 1 aromatic rings. The van der Waals surface area contributed by atoms with Gasteiger partial charge < -0.3 is 10.4 Å². The Morgan fingerprint density at radius 2 is 2.10 bits per heavy atom. The van der Waals surface area contributed by atoms with E-state index in [1.54, 1.807) is 6.08 Å². The lowest BCUT2D eigenvalue weighted by Gasteiger charge is -2.23. The van der Waals surface area contributed by atoms with E-state index in [9.17, 15) is 15.2 Å². The predicted molar refractivity (Wildman–Crippen MR) is 76.6 cm³/mol. The Labute approximate surface area is 117 Å². The number of nitro groups is 1. The van der Waals surface area contributed by atoms with E-state index in [1.165, 1.54) is 6.08 Å². The van der Waals surface area contributed by atoms with Gasteiger partial charge in [-0.2, -0.15) is 0 Å². The Kier molecular flexibility index (Phi) is 4.65. The van der Waals surface area contributed by atoms with Gasteiger partial charge in [-0.3, -0.25) is 10.1 Å². The van der Waals surface area contributed by atoms with Crippen molar-refractivity contribution in [3.8, 4) is 0 Å². The number of aliphatic hydroxyl groups is 1. The highest BCUT2D eigenvalue weighted by atomic mass is 16.6. The van der Waals surface area contributed by atoms with Gasteiger partial charge in [-0.05, 0) is 11.5 Å². The van der Waals surface area contributed by atoms with Gasteiger partial charge in [-0.25, -0.2) is 0 Å². The zero-order valence-electron chi connectivity index (χ0n) is 11.3. The summed E-state index contributed by atoms with van der Waals surface area (Å²) in [7, 11) is 0. The topological polar surface area (TPSA) is 75.4 Å². The number of hydrogen-bond acceptors (Lipinski definition) is 4. The van der Waals surface area contributed by atoms with E-state index >= 15 is 0 Å². The van der Waals surface area contributed by atoms with Crippen LogP contribution in [-0.4, -0.2) is 22.6 Å². The second-order valence-electron chi connectivity index (χ2n) is 4.93. The Balaban J connectivity index is 1.96. The summed E-state index contributed by atoms with van der Waals surface area (Å²) in [6.45, 7) is 2.34. The van der Waals surface area contributed by atoms with Crippen molar-refractivity contribution in [2.24, 2.45) is 5.92 Å². The average Bonchev–Trinajstić information content (AvgIpc) is 2.46. The monoisotopic (exact) mass is 274 g/mol. The van der Waals surface area contributed by atoms with E-state index in [0.717, 1.165) is 5.56 Å². The molecule has 0 fully saturated rings. The second kappa shape index (κ2) is 6.45. The van der Waals surface area contributed by atoms with Crippen molar-refractivity contribution in [2.45, 2.75) is 19.1 Å². The van der Waals surface area contributed by atoms with Crippen LogP contribution in [0.5, 0.6) is 0 Å². The van der Waals surface area contributed by atoms with E-state index in [-0.39, 0.29) is 17.7 Å². The molecule has 1 aliphatic carbocycles. The molecule has 0 bridgehead atoms. The number of hydrogen-bond donors (Lipinski definition) is 2. The summed E-state index contributed by atoms with van der Waals surface area (Å²) in [6.07, 6.45) is 4.31. The number of benzene rings is 1. The first-order valence-electron chi connectivity index (χ1n) is 6.58. The van der Waals surface area contributed by atoms with Crippen molar-refractivity contribution < 1.29 is 10.0 Å². The number of aliphatic hydroxyl groups excluding tert-OH is 1. The minimum absolute atomic E-state index is 0.0924. The quantitative estimate of drug-likeness (QED) is 0.636. The molecule has 2 N–H and O–H groups in total. The highest BCUT2D eigenvalue weighted by Gasteiger charge is 2.22. The first-order chi connectivity index (χ1) is 9.58. The van der Waals surface area contributed by atoms with Gasteiger partial charge in [0.2, 0.25) is 0 Å². The second-order valence-corrected chi connectivity index (χ2v) is 4.93. The lowest BCUT2D eigenvalue weighted by molar-refractivity contribution is -0.419. The maximum absolute atomic E-state index is 10.8. The number of rotatable bonds is 5. The Morgan fingerprint density at radius 3 is 2.75 bits per heavy atom. The van der Waals surface area contributed by atoms with Crippen molar-refractivity contribution in [1.82, 2.24) is 5.32 Å². The Hall–Kier alpha value is -1.98. The minimum atomic E-state index is -0.623. The van der Waals surface area contributed by atoms with E-state index in [1.807, 2.05) is 43.3 Å². The fraction of sp³-hybridized carbons (Fsp3) is 0.333. The molecule has 0 aromatic heterocycles. The van der Waals surface area contributed by atoms with Crippen molar-refractivity contribution in [2.75, 3.05) is 6.54 Å². The average molecular weight is 274 g/mol. The van der Waals surface area contributed by atoms with Gasteiger partial charge in [0.1, 0.15) is 0 Å². The van der Waals surface area contributed by atoms with Crippen LogP contribution in [-0.2, 0) is 0 Å². The van der Waals surface area contributed by atoms with E-state index in [0.29, 0.717) is 6.54 Å². The number of nitrogens with zero attached hydrogens (tertiary/aromatic N) is 1. The van der Waals surface area contributed by atoms with Gasteiger partial charge in [-0.1, -0.05) is 43.3 Å². The summed E-state index contributed by atoms with van der Waals surface area (Å²) in [5.74, 6) is 0.154. The van der Waals surface area contributed by atoms with Crippen LogP contribution in [0.3, 0.4) is 0 Å². The highest BCUT2D eigenvalue weighted by Crippen LogP contribution is 2.18. The van der Waals surface area contributed by atoms with Gasteiger partial charge in [0.15, 0.2) is 0 Å². The molecule has 2 rings (SSSR count). The van der Waals surface area contributed by atoms with E-state index < -0.39 is 11.0 Å². The molecule has 0 aliphatic heterocycles. The first kappa shape index (κ1) is 14.4. The third-order valence-electron chi connectivity index (χ3n) is 3.43. The van der Waals surface area contributed by atoms with Crippen molar-refractivity contribution in [1.29, 1.82) is 0 Å². The van der Waals surface area contributed by atoms with Crippen molar-refractivity contribution in [3.63, 3.8) is 0 Å². The Bertz CT molecular complexity index is 525. The van der Waals surface area contributed by atoms with Gasteiger partial charge in [0.05, 0.1) is 11.0 Å². The van der Waals surface area contributed by atoms with Gasteiger partial charge >= 0.3 is 0 Å². The zero-order chi connectivity index (χ0) is 14.5.